The van der Waals surface area contributed by atoms with Crippen LogP contribution in [0.25, 0.3) is 0 Å². The third-order valence-electron chi connectivity index (χ3n) is 15.5. The molecule has 6 aliphatic rings. The van der Waals surface area contributed by atoms with Crippen LogP contribution in [0.5, 0.6) is 0 Å². The van der Waals surface area contributed by atoms with Crippen molar-refractivity contribution in [1.29, 1.82) is 0 Å². The normalized spacial score (nSPS) is 55.7. The summed E-state index contributed by atoms with van der Waals surface area (Å²) in [4.78, 5) is 0. The highest BCUT2D eigenvalue weighted by Gasteiger charge is 2.69. The third kappa shape index (κ3) is 4.03. The van der Waals surface area contributed by atoms with Crippen molar-refractivity contribution in [2.45, 2.75) is 162 Å². The van der Waals surface area contributed by atoms with Gasteiger partial charge in [-0.1, -0.05) is 60.1 Å². The fourth-order valence-corrected chi connectivity index (χ4v) is 12.5. The van der Waals surface area contributed by atoms with Crippen molar-refractivity contribution in [2.75, 3.05) is 0 Å². The molecule has 6 nitrogen and oxygen atoms in total. The standard InChI is InChI=1S/C36H60O6/c1-20-26(38)27(39)28(40)29(42-20)30(41)36-17-15-31(2,3)19-22(36)21-9-10-24-33(6)13-12-25(37)32(4,5)23(33)11-14-35(24,8)34(21,7)16-18-36/h9,20,22-30,37-41H,10-19H2,1-8H3/t20?,22?,23?,24?,25-,26-,27?,28?,29+,30?,33-,34+,35+,36-/m0/s1. The highest BCUT2D eigenvalue weighted by atomic mass is 16.5. The summed E-state index contributed by atoms with van der Waals surface area (Å²) in [6.45, 7) is 18.7. The zero-order valence-corrected chi connectivity index (χ0v) is 27.6. The van der Waals surface area contributed by atoms with Gasteiger partial charge in [-0.05, 0) is 116 Å². The number of rotatable bonds is 2. The lowest BCUT2D eigenvalue weighted by Crippen LogP contribution is -2.67. The van der Waals surface area contributed by atoms with Crippen LogP contribution in [0.2, 0.25) is 0 Å². The Hall–Kier alpha value is -0.500. The maximum absolute atomic E-state index is 12.3. The summed E-state index contributed by atoms with van der Waals surface area (Å²) in [5, 5.41) is 55.4. The largest absolute Gasteiger partial charge is 0.393 e. The minimum absolute atomic E-state index is 0.0143. The van der Waals surface area contributed by atoms with Crippen LogP contribution in [0.4, 0.5) is 0 Å². The summed E-state index contributed by atoms with van der Waals surface area (Å²) < 4.78 is 6.11. The zero-order chi connectivity index (χ0) is 30.8. The first-order valence-electron chi connectivity index (χ1n) is 17.1. The maximum atomic E-state index is 12.3. The molecule has 0 spiro atoms. The summed E-state index contributed by atoms with van der Waals surface area (Å²) in [6, 6.07) is 0. The second-order valence-corrected chi connectivity index (χ2v) is 18.0. The van der Waals surface area contributed by atoms with Crippen LogP contribution >= 0.6 is 0 Å². The highest BCUT2D eigenvalue weighted by molar-refractivity contribution is 5.34. The van der Waals surface area contributed by atoms with Crippen molar-refractivity contribution in [3.05, 3.63) is 11.6 Å². The first-order chi connectivity index (χ1) is 19.4. The molecule has 0 amide bonds. The van der Waals surface area contributed by atoms with Gasteiger partial charge in [-0.2, -0.15) is 0 Å². The predicted molar refractivity (Wildman–Crippen MR) is 163 cm³/mol. The van der Waals surface area contributed by atoms with E-state index in [0.717, 1.165) is 57.8 Å². The van der Waals surface area contributed by atoms with E-state index in [-0.39, 0.29) is 39.1 Å². The van der Waals surface area contributed by atoms with Gasteiger partial charge in [-0.25, -0.2) is 0 Å². The van der Waals surface area contributed by atoms with E-state index in [2.05, 4.69) is 54.5 Å². The quantitative estimate of drug-likeness (QED) is 0.277. The Morgan fingerprint density at radius 1 is 0.786 bits per heavy atom. The van der Waals surface area contributed by atoms with Crippen molar-refractivity contribution in [2.24, 2.45) is 50.2 Å². The molecule has 14 atom stereocenters. The highest BCUT2D eigenvalue weighted by Crippen LogP contribution is 2.76. The summed E-state index contributed by atoms with van der Waals surface area (Å²) >= 11 is 0. The van der Waals surface area contributed by atoms with Gasteiger partial charge in [-0.3, -0.25) is 0 Å². The molecule has 6 heteroatoms. The van der Waals surface area contributed by atoms with Crippen LogP contribution in [0.15, 0.2) is 11.6 Å². The minimum atomic E-state index is -1.33. The minimum Gasteiger partial charge on any atom is -0.393 e. The number of ether oxygens (including phenoxy) is 1. The fraction of sp³-hybridized carbons (Fsp3) is 0.944. The van der Waals surface area contributed by atoms with E-state index in [1.54, 1.807) is 6.92 Å². The van der Waals surface area contributed by atoms with Gasteiger partial charge in [0.1, 0.15) is 24.4 Å². The lowest BCUT2D eigenvalue weighted by molar-refractivity contribution is -0.265. The van der Waals surface area contributed by atoms with Gasteiger partial charge >= 0.3 is 0 Å². The molecular formula is C36H60O6. The average molecular weight is 589 g/mol. The molecule has 5 aliphatic carbocycles. The van der Waals surface area contributed by atoms with Gasteiger partial charge in [0.2, 0.25) is 0 Å². The van der Waals surface area contributed by atoms with E-state index < -0.39 is 42.0 Å². The van der Waals surface area contributed by atoms with Crippen LogP contribution in [0, 0.1) is 50.2 Å². The summed E-state index contributed by atoms with van der Waals surface area (Å²) in [6.07, 6.45) is 6.09. The van der Waals surface area contributed by atoms with E-state index >= 15 is 0 Å². The Bertz CT molecular complexity index is 1100. The number of aliphatic hydroxyl groups is 5. The molecule has 0 radical (unpaired) electrons. The molecule has 7 unspecified atom stereocenters. The van der Waals surface area contributed by atoms with E-state index in [0.29, 0.717) is 11.8 Å². The van der Waals surface area contributed by atoms with E-state index in [9.17, 15) is 25.5 Å². The Morgan fingerprint density at radius 2 is 1.45 bits per heavy atom. The van der Waals surface area contributed by atoms with E-state index in [1.807, 2.05) is 0 Å². The average Bonchev–Trinajstić information content (AvgIpc) is 2.91. The van der Waals surface area contributed by atoms with Crippen molar-refractivity contribution >= 4 is 0 Å². The maximum Gasteiger partial charge on any atom is 0.113 e. The Labute approximate surface area is 254 Å². The van der Waals surface area contributed by atoms with Gasteiger partial charge in [-0.15, -0.1) is 0 Å². The molecule has 5 fully saturated rings. The third-order valence-corrected chi connectivity index (χ3v) is 15.5. The number of allylic oxidation sites excluding steroid dienone is 2. The number of fused-ring (bicyclic) bond motifs is 7. The van der Waals surface area contributed by atoms with Gasteiger partial charge < -0.3 is 30.3 Å². The van der Waals surface area contributed by atoms with Crippen LogP contribution in [0.1, 0.15) is 120 Å². The van der Waals surface area contributed by atoms with Gasteiger partial charge in [0, 0.05) is 5.41 Å². The topological polar surface area (TPSA) is 110 Å². The molecule has 1 heterocycles. The molecule has 5 N–H and O–H groups in total. The molecule has 240 valence electrons. The predicted octanol–water partition coefficient (Wildman–Crippen LogP) is 5.38. The van der Waals surface area contributed by atoms with Gasteiger partial charge in [0.15, 0.2) is 0 Å². The summed E-state index contributed by atoms with van der Waals surface area (Å²) in [7, 11) is 0. The smallest absolute Gasteiger partial charge is 0.113 e. The lowest BCUT2D eigenvalue weighted by Gasteiger charge is -2.72. The molecule has 4 saturated carbocycles. The monoisotopic (exact) mass is 588 g/mol. The molecule has 0 aromatic carbocycles. The van der Waals surface area contributed by atoms with Crippen LogP contribution in [-0.2, 0) is 4.74 Å². The van der Waals surface area contributed by atoms with Crippen molar-refractivity contribution < 1.29 is 30.3 Å². The summed E-state index contributed by atoms with van der Waals surface area (Å²) in [5.41, 5.74) is 1.50. The second kappa shape index (κ2) is 9.75. The molecule has 1 saturated heterocycles. The first-order valence-corrected chi connectivity index (χ1v) is 17.1. The van der Waals surface area contributed by atoms with Crippen LogP contribution in [0.3, 0.4) is 0 Å². The molecule has 42 heavy (non-hydrogen) atoms. The number of aliphatic hydroxyl groups excluding tert-OH is 5. The van der Waals surface area contributed by atoms with Gasteiger partial charge in [0.25, 0.3) is 0 Å². The van der Waals surface area contributed by atoms with Crippen molar-refractivity contribution in [3.8, 4) is 0 Å². The zero-order valence-electron chi connectivity index (χ0n) is 27.6. The van der Waals surface area contributed by atoms with Gasteiger partial charge in [0.05, 0.1) is 18.3 Å². The molecule has 6 rings (SSSR count). The van der Waals surface area contributed by atoms with Crippen LogP contribution in [-0.4, -0.2) is 68.3 Å². The molecule has 1 aliphatic heterocycles. The molecule has 0 aromatic heterocycles. The second-order valence-electron chi connectivity index (χ2n) is 18.0. The van der Waals surface area contributed by atoms with E-state index in [4.69, 9.17) is 4.74 Å². The fourth-order valence-electron chi connectivity index (χ4n) is 12.5. The molecular weight excluding hydrogens is 528 g/mol. The van der Waals surface area contributed by atoms with Crippen molar-refractivity contribution in [3.63, 3.8) is 0 Å². The Kier molecular flexibility index (Phi) is 7.31. The Balaban J connectivity index is 1.40. The molecule has 0 aromatic rings. The van der Waals surface area contributed by atoms with E-state index in [1.165, 1.54) is 12.0 Å². The number of hydrogen-bond donors (Lipinski definition) is 5. The lowest BCUT2D eigenvalue weighted by atomic mass is 9.33. The summed E-state index contributed by atoms with van der Waals surface area (Å²) in [5.74, 6) is 1.24. The van der Waals surface area contributed by atoms with Crippen molar-refractivity contribution in [1.82, 2.24) is 0 Å². The van der Waals surface area contributed by atoms with Crippen LogP contribution < -0.4 is 0 Å². The SMILES string of the molecule is CC1O[C@@H](C(O)[C@]23CCC(C)(C)CC2C2=CCC4[C@@]5(C)CC[C@H](O)C(C)(C)C5CC[C@@]4(C)[C@]2(C)CC3)C(O)C(O)[C@H]1O. The Morgan fingerprint density at radius 3 is 2.14 bits per heavy atom. The first kappa shape index (κ1) is 31.5. The molecule has 0 bridgehead atoms. The number of hydrogen-bond acceptors (Lipinski definition) is 6.